The zero-order valence-electron chi connectivity index (χ0n) is 6.78. The number of carbonyl (C=O) groups is 1. The smallest absolute Gasteiger partial charge is 0.193 e. The summed E-state index contributed by atoms with van der Waals surface area (Å²) in [5.74, 6) is 5.08. The number of carbonyl (C=O) groups excluding carboxylic acids is 1. The van der Waals surface area contributed by atoms with E-state index < -0.39 is 0 Å². The molecule has 1 heterocycles. The van der Waals surface area contributed by atoms with Gasteiger partial charge < -0.3 is 4.42 Å². The Morgan fingerprint density at radius 2 is 2.23 bits per heavy atom. The molecule has 0 radical (unpaired) electrons. The fraction of sp³-hybridized carbons (Fsp3) is 0. The summed E-state index contributed by atoms with van der Waals surface area (Å²) in [5, 5.41) is 0.998. The molecule has 2 rings (SSSR count). The standard InChI is InChI=1S/C11H6O2/c12-6-1-2-9-3-4-11-10(8-9)5-7-13-11/h3-8H. The Kier molecular flexibility index (Phi) is 1.85. The quantitative estimate of drug-likeness (QED) is 0.447. The number of rotatable bonds is 0. The van der Waals surface area contributed by atoms with Crippen molar-refractivity contribution in [3.8, 4) is 11.8 Å². The maximum absolute atomic E-state index is 10.00. The first-order chi connectivity index (χ1) is 6.40. The molecular formula is C11H6O2. The van der Waals surface area contributed by atoms with E-state index in [4.69, 9.17) is 4.42 Å². The lowest BCUT2D eigenvalue weighted by molar-refractivity contribution is -0.103. The highest BCUT2D eigenvalue weighted by Crippen LogP contribution is 2.16. The first-order valence-corrected chi connectivity index (χ1v) is 3.82. The Balaban J connectivity index is 2.54. The zero-order chi connectivity index (χ0) is 9.10. The molecule has 2 aromatic rings. The number of furan rings is 1. The van der Waals surface area contributed by atoms with Crippen LogP contribution in [0.4, 0.5) is 0 Å². The first kappa shape index (κ1) is 7.63. The molecule has 0 amide bonds. The van der Waals surface area contributed by atoms with Gasteiger partial charge in [-0.05, 0) is 30.2 Å². The van der Waals surface area contributed by atoms with E-state index in [1.807, 2.05) is 24.3 Å². The normalized spacial score (nSPS) is 9.23. The molecule has 0 unspecified atom stereocenters. The molecule has 13 heavy (non-hydrogen) atoms. The van der Waals surface area contributed by atoms with Crippen molar-refractivity contribution in [1.82, 2.24) is 0 Å². The maximum atomic E-state index is 10.00. The molecule has 0 saturated carbocycles. The van der Waals surface area contributed by atoms with E-state index >= 15 is 0 Å². The van der Waals surface area contributed by atoms with Crippen LogP contribution in [-0.4, -0.2) is 6.29 Å². The Morgan fingerprint density at radius 3 is 3.08 bits per heavy atom. The molecule has 0 bridgehead atoms. The van der Waals surface area contributed by atoms with Crippen LogP contribution in [0.3, 0.4) is 0 Å². The van der Waals surface area contributed by atoms with Gasteiger partial charge in [-0.25, -0.2) is 0 Å². The van der Waals surface area contributed by atoms with E-state index in [1.165, 1.54) is 0 Å². The van der Waals surface area contributed by atoms with E-state index in [-0.39, 0.29) is 0 Å². The second kappa shape index (κ2) is 3.16. The van der Waals surface area contributed by atoms with E-state index in [9.17, 15) is 4.79 Å². The third-order valence-corrected chi connectivity index (χ3v) is 1.73. The van der Waals surface area contributed by atoms with Gasteiger partial charge in [0.2, 0.25) is 0 Å². The van der Waals surface area contributed by atoms with Crippen molar-refractivity contribution < 1.29 is 9.21 Å². The molecule has 1 aromatic heterocycles. The molecular weight excluding hydrogens is 164 g/mol. The van der Waals surface area contributed by atoms with Crippen LogP contribution in [0, 0.1) is 11.8 Å². The lowest BCUT2D eigenvalue weighted by atomic mass is 10.2. The molecule has 2 heteroatoms. The second-order valence-electron chi connectivity index (χ2n) is 2.56. The molecule has 0 aliphatic carbocycles. The van der Waals surface area contributed by atoms with Crippen molar-refractivity contribution in [3.63, 3.8) is 0 Å². The van der Waals surface area contributed by atoms with Crippen LogP contribution < -0.4 is 0 Å². The second-order valence-corrected chi connectivity index (χ2v) is 2.56. The van der Waals surface area contributed by atoms with Crippen LogP contribution in [0.25, 0.3) is 11.0 Å². The summed E-state index contributed by atoms with van der Waals surface area (Å²) in [6.45, 7) is 0. The fourth-order valence-corrected chi connectivity index (χ4v) is 1.16. The van der Waals surface area contributed by atoms with Gasteiger partial charge in [-0.15, -0.1) is 0 Å². The molecule has 0 spiro atoms. The van der Waals surface area contributed by atoms with Crippen LogP contribution in [-0.2, 0) is 4.79 Å². The minimum absolute atomic E-state index is 0.583. The average molecular weight is 170 g/mol. The van der Waals surface area contributed by atoms with Crippen LogP contribution >= 0.6 is 0 Å². The summed E-state index contributed by atoms with van der Waals surface area (Å²) >= 11 is 0. The lowest BCUT2D eigenvalue weighted by Crippen LogP contribution is -1.73. The minimum atomic E-state index is 0.583. The van der Waals surface area contributed by atoms with Gasteiger partial charge in [-0.3, -0.25) is 4.79 Å². The molecule has 0 atom stereocenters. The Labute approximate surface area is 75.2 Å². The van der Waals surface area contributed by atoms with Gasteiger partial charge in [0, 0.05) is 10.9 Å². The van der Waals surface area contributed by atoms with E-state index in [0.717, 1.165) is 16.5 Å². The summed E-state index contributed by atoms with van der Waals surface area (Å²) in [6.07, 6.45) is 2.21. The summed E-state index contributed by atoms with van der Waals surface area (Å²) in [6, 6.07) is 7.41. The van der Waals surface area contributed by atoms with E-state index in [0.29, 0.717) is 6.29 Å². The number of fused-ring (bicyclic) bond motifs is 1. The van der Waals surface area contributed by atoms with Gasteiger partial charge in [-0.1, -0.05) is 5.92 Å². The molecule has 0 aliphatic heterocycles. The fourth-order valence-electron chi connectivity index (χ4n) is 1.16. The van der Waals surface area contributed by atoms with Gasteiger partial charge in [0.25, 0.3) is 0 Å². The molecule has 0 saturated heterocycles. The molecule has 0 fully saturated rings. The third kappa shape index (κ3) is 1.45. The number of benzene rings is 1. The first-order valence-electron chi connectivity index (χ1n) is 3.82. The highest BCUT2D eigenvalue weighted by Gasteiger charge is 1.95. The van der Waals surface area contributed by atoms with E-state index in [1.54, 1.807) is 6.26 Å². The summed E-state index contributed by atoms with van der Waals surface area (Å²) in [7, 11) is 0. The summed E-state index contributed by atoms with van der Waals surface area (Å²) < 4.78 is 5.16. The molecule has 0 aliphatic rings. The minimum Gasteiger partial charge on any atom is -0.464 e. The SMILES string of the molecule is O=CC#Cc1ccc2occc2c1. The third-order valence-electron chi connectivity index (χ3n) is 1.73. The van der Waals surface area contributed by atoms with Gasteiger partial charge in [-0.2, -0.15) is 0 Å². The summed E-state index contributed by atoms with van der Waals surface area (Å²) in [5.41, 5.74) is 1.65. The Morgan fingerprint density at radius 1 is 1.31 bits per heavy atom. The van der Waals surface area contributed by atoms with Crippen molar-refractivity contribution in [2.75, 3.05) is 0 Å². The number of aldehydes is 1. The van der Waals surface area contributed by atoms with Crippen molar-refractivity contribution >= 4 is 17.3 Å². The number of hydrogen-bond donors (Lipinski definition) is 0. The highest BCUT2D eigenvalue weighted by atomic mass is 16.3. The Bertz CT molecular complexity index is 497. The molecule has 2 nitrogen and oxygen atoms in total. The molecule has 62 valence electrons. The lowest BCUT2D eigenvalue weighted by Gasteiger charge is -1.89. The predicted molar refractivity (Wildman–Crippen MR) is 49.2 cm³/mol. The van der Waals surface area contributed by atoms with Gasteiger partial charge in [0.1, 0.15) is 5.58 Å². The summed E-state index contributed by atoms with van der Waals surface area (Å²) in [4.78, 5) is 10.00. The largest absolute Gasteiger partial charge is 0.464 e. The van der Waals surface area contributed by atoms with Crippen molar-refractivity contribution in [3.05, 3.63) is 36.1 Å². The van der Waals surface area contributed by atoms with Crippen LogP contribution in [0.2, 0.25) is 0 Å². The predicted octanol–water partition coefficient (Wildman–Crippen LogP) is 1.98. The van der Waals surface area contributed by atoms with Crippen molar-refractivity contribution in [2.45, 2.75) is 0 Å². The highest BCUT2D eigenvalue weighted by molar-refractivity contribution is 5.80. The van der Waals surface area contributed by atoms with Crippen molar-refractivity contribution in [1.29, 1.82) is 0 Å². The van der Waals surface area contributed by atoms with Crippen LogP contribution in [0.15, 0.2) is 34.9 Å². The van der Waals surface area contributed by atoms with Gasteiger partial charge in [0.05, 0.1) is 6.26 Å². The van der Waals surface area contributed by atoms with E-state index in [2.05, 4.69) is 11.8 Å². The molecule has 0 N–H and O–H groups in total. The monoisotopic (exact) mass is 170 g/mol. The van der Waals surface area contributed by atoms with Gasteiger partial charge in [0.15, 0.2) is 6.29 Å². The average Bonchev–Trinajstić information content (AvgIpc) is 2.61. The van der Waals surface area contributed by atoms with Crippen LogP contribution in [0.1, 0.15) is 5.56 Å². The topological polar surface area (TPSA) is 30.2 Å². The number of hydrogen-bond acceptors (Lipinski definition) is 2. The maximum Gasteiger partial charge on any atom is 0.193 e. The van der Waals surface area contributed by atoms with Gasteiger partial charge >= 0.3 is 0 Å². The molecule has 1 aromatic carbocycles. The Hall–Kier alpha value is -2.01. The van der Waals surface area contributed by atoms with Crippen molar-refractivity contribution in [2.24, 2.45) is 0 Å². The van der Waals surface area contributed by atoms with Crippen LogP contribution in [0.5, 0.6) is 0 Å². The zero-order valence-corrected chi connectivity index (χ0v) is 6.78.